The molecule has 27 heavy (non-hydrogen) atoms. The number of methoxy groups -OCH3 is 1. The van der Waals surface area contributed by atoms with E-state index in [9.17, 15) is 9.59 Å². The van der Waals surface area contributed by atoms with Gasteiger partial charge >= 0.3 is 5.97 Å². The first kappa shape index (κ1) is 19.0. The molecule has 0 aliphatic heterocycles. The van der Waals surface area contributed by atoms with E-state index in [1.165, 1.54) is 18.2 Å². The zero-order chi connectivity index (χ0) is 19.4. The van der Waals surface area contributed by atoms with E-state index < -0.39 is 0 Å². The number of hydrogen-bond donors (Lipinski definition) is 1. The maximum atomic E-state index is 12.8. The maximum Gasteiger partial charge on any atom is 0.337 e. The van der Waals surface area contributed by atoms with Gasteiger partial charge in [-0.05, 0) is 55.0 Å². The maximum absolute atomic E-state index is 12.8. The lowest BCUT2D eigenvalue weighted by atomic mass is 9.87. The average Bonchev–Trinajstić information content (AvgIpc) is 2.71. The predicted octanol–water partition coefficient (Wildman–Crippen LogP) is 3.73. The highest BCUT2D eigenvalue weighted by Crippen LogP contribution is 2.33. The molecule has 0 radical (unpaired) electrons. The van der Waals surface area contributed by atoms with Crippen molar-refractivity contribution in [2.75, 3.05) is 26.0 Å². The molecule has 142 valence electrons. The van der Waals surface area contributed by atoms with Crippen LogP contribution in [0.25, 0.3) is 0 Å². The van der Waals surface area contributed by atoms with Gasteiger partial charge < -0.3 is 15.0 Å². The third-order valence-electron chi connectivity index (χ3n) is 5.29. The van der Waals surface area contributed by atoms with Gasteiger partial charge in [0.15, 0.2) is 0 Å². The Morgan fingerprint density at radius 2 is 2.00 bits per heavy atom. The first-order valence-corrected chi connectivity index (χ1v) is 9.27. The van der Waals surface area contributed by atoms with Gasteiger partial charge in [0.1, 0.15) is 0 Å². The van der Waals surface area contributed by atoms with Crippen molar-refractivity contribution in [2.45, 2.75) is 32.2 Å². The van der Waals surface area contributed by atoms with Crippen LogP contribution in [0.5, 0.6) is 0 Å². The highest BCUT2D eigenvalue weighted by Gasteiger charge is 2.26. The molecular weight excluding hydrogens is 340 g/mol. The molecule has 1 N–H and O–H groups in total. The van der Waals surface area contributed by atoms with Crippen LogP contribution in [0.1, 0.15) is 45.9 Å². The van der Waals surface area contributed by atoms with Gasteiger partial charge in [-0.15, -0.1) is 0 Å². The zero-order valence-electron chi connectivity index (χ0n) is 16.1. The van der Waals surface area contributed by atoms with Crippen LogP contribution in [0.3, 0.4) is 0 Å². The summed E-state index contributed by atoms with van der Waals surface area (Å²) < 4.78 is 4.77. The van der Waals surface area contributed by atoms with Crippen LogP contribution in [0.15, 0.2) is 42.5 Å². The predicted molar refractivity (Wildman–Crippen MR) is 106 cm³/mol. The second kappa shape index (κ2) is 8.25. The van der Waals surface area contributed by atoms with Crippen LogP contribution in [0.2, 0.25) is 0 Å². The van der Waals surface area contributed by atoms with Crippen LogP contribution >= 0.6 is 0 Å². The normalized spacial score (nSPS) is 15.6. The van der Waals surface area contributed by atoms with E-state index in [0.717, 1.165) is 30.5 Å². The zero-order valence-corrected chi connectivity index (χ0v) is 16.1. The molecule has 0 spiro atoms. The SMILES string of the molecule is COC(=O)c1ccc(C)c(NCC(=O)N(C)C2CCCc3ccccc32)c1. The van der Waals surface area contributed by atoms with Crippen LogP contribution in [-0.4, -0.2) is 37.5 Å². The summed E-state index contributed by atoms with van der Waals surface area (Å²) in [6.07, 6.45) is 3.15. The molecule has 0 saturated carbocycles. The molecule has 0 heterocycles. The molecule has 1 aliphatic carbocycles. The number of hydrogen-bond acceptors (Lipinski definition) is 4. The third-order valence-corrected chi connectivity index (χ3v) is 5.29. The summed E-state index contributed by atoms with van der Waals surface area (Å²) in [6.45, 7) is 2.12. The van der Waals surface area contributed by atoms with Crippen LogP contribution < -0.4 is 5.32 Å². The first-order valence-electron chi connectivity index (χ1n) is 9.27. The van der Waals surface area contributed by atoms with Crippen molar-refractivity contribution in [3.8, 4) is 0 Å². The molecule has 3 rings (SSSR count). The Morgan fingerprint density at radius 1 is 1.22 bits per heavy atom. The Bertz CT molecular complexity index is 847. The number of esters is 1. The second-order valence-corrected chi connectivity index (χ2v) is 6.99. The molecule has 1 amide bonds. The molecule has 0 saturated heterocycles. The van der Waals surface area contributed by atoms with Gasteiger partial charge in [-0.25, -0.2) is 4.79 Å². The monoisotopic (exact) mass is 366 g/mol. The number of nitrogens with one attached hydrogen (secondary N) is 1. The second-order valence-electron chi connectivity index (χ2n) is 6.99. The Labute approximate surface area is 160 Å². The molecule has 2 aromatic carbocycles. The van der Waals surface area contributed by atoms with Crippen molar-refractivity contribution >= 4 is 17.6 Å². The number of ether oxygens (including phenoxy) is 1. The molecule has 0 fully saturated rings. The average molecular weight is 366 g/mol. The van der Waals surface area contributed by atoms with Crippen molar-refractivity contribution in [1.82, 2.24) is 4.90 Å². The minimum atomic E-state index is -0.389. The summed E-state index contributed by atoms with van der Waals surface area (Å²) in [4.78, 5) is 26.3. The number of anilines is 1. The van der Waals surface area contributed by atoms with Gasteiger partial charge in [0, 0.05) is 12.7 Å². The van der Waals surface area contributed by atoms with Crippen molar-refractivity contribution in [1.29, 1.82) is 0 Å². The lowest BCUT2D eigenvalue weighted by Gasteiger charge is -2.33. The number of carbonyl (C=O) groups is 2. The third kappa shape index (κ3) is 4.13. The molecule has 0 bridgehead atoms. The van der Waals surface area contributed by atoms with Gasteiger partial charge in [-0.2, -0.15) is 0 Å². The molecule has 1 atom stereocenters. The molecule has 1 aliphatic rings. The van der Waals surface area contributed by atoms with E-state index >= 15 is 0 Å². The van der Waals surface area contributed by atoms with Crippen molar-refractivity contribution < 1.29 is 14.3 Å². The van der Waals surface area contributed by atoms with E-state index in [4.69, 9.17) is 4.74 Å². The number of likely N-dealkylation sites (N-methyl/N-ethyl adjacent to an activating group) is 1. The van der Waals surface area contributed by atoms with Gasteiger partial charge in [0.25, 0.3) is 0 Å². The fourth-order valence-corrected chi connectivity index (χ4v) is 3.66. The van der Waals surface area contributed by atoms with Gasteiger partial charge in [-0.3, -0.25) is 4.79 Å². The molecule has 5 heteroatoms. The first-order chi connectivity index (χ1) is 13.0. The summed E-state index contributed by atoms with van der Waals surface area (Å²) in [5.74, 6) is -0.361. The Balaban J connectivity index is 1.69. The topological polar surface area (TPSA) is 58.6 Å². The summed E-state index contributed by atoms with van der Waals surface area (Å²) >= 11 is 0. The molecular formula is C22H26N2O3. The van der Waals surface area contributed by atoms with Crippen molar-refractivity contribution in [2.24, 2.45) is 0 Å². The Kier molecular flexibility index (Phi) is 5.79. The minimum absolute atomic E-state index is 0.0274. The van der Waals surface area contributed by atoms with E-state index in [2.05, 4.69) is 23.5 Å². The molecule has 0 aromatic heterocycles. The summed E-state index contributed by atoms with van der Waals surface area (Å²) in [7, 11) is 3.23. The Hall–Kier alpha value is -2.82. The van der Waals surface area contributed by atoms with Crippen LogP contribution in [0, 0.1) is 6.92 Å². The number of carbonyl (C=O) groups excluding carboxylic acids is 2. The molecule has 5 nitrogen and oxygen atoms in total. The molecule has 2 aromatic rings. The summed E-state index contributed by atoms with van der Waals surface area (Å²) in [5.41, 5.74) is 4.80. The van der Waals surface area contributed by atoms with Gasteiger partial charge in [0.2, 0.25) is 5.91 Å². The molecule has 1 unspecified atom stereocenters. The lowest BCUT2D eigenvalue weighted by Crippen LogP contribution is -2.37. The standard InChI is InChI=1S/C22H26N2O3/c1-15-11-12-17(22(26)27-3)13-19(15)23-14-21(25)24(2)20-10-6-8-16-7-4-5-9-18(16)20/h4-5,7,9,11-13,20,23H,6,8,10,14H2,1-3H3. The smallest absolute Gasteiger partial charge is 0.337 e. The van der Waals surface area contributed by atoms with E-state index in [1.807, 2.05) is 31.0 Å². The number of amides is 1. The number of nitrogens with zero attached hydrogens (tertiary/aromatic N) is 1. The van der Waals surface area contributed by atoms with E-state index in [-0.39, 0.29) is 24.5 Å². The van der Waals surface area contributed by atoms with E-state index in [1.54, 1.807) is 12.1 Å². The lowest BCUT2D eigenvalue weighted by molar-refractivity contribution is -0.130. The van der Waals surface area contributed by atoms with E-state index in [0.29, 0.717) is 5.56 Å². The van der Waals surface area contributed by atoms with Crippen molar-refractivity contribution in [3.63, 3.8) is 0 Å². The highest BCUT2D eigenvalue weighted by molar-refractivity contribution is 5.91. The largest absolute Gasteiger partial charge is 0.465 e. The number of rotatable bonds is 5. The van der Waals surface area contributed by atoms with Crippen molar-refractivity contribution in [3.05, 3.63) is 64.7 Å². The fraction of sp³-hybridized carbons (Fsp3) is 0.364. The minimum Gasteiger partial charge on any atom is -0.465 e. The highest BCUT2D eigenvalue weighted by atomic mass is 16.5. The van der Waals surface area contributed by atoms with Crippen LogP contribution in [-0.2, 0) is 16.0 Å². The quantitative estimate of drug-likeness (QED) is 0.819. The van der Waals surface area contributed by atoms with Crippen LogP contribution in [0.4, 0.5) is 5.69 Å². The summed E-state index contributed by atoms with van der Waals surface area (Å²) in [5, 5.41) is 3.18. The summed E-state index contributed by atoms with van der Waals surface area (Å²) in [6, 6.07) is 13.8. The van der Waals surface area contributed by atoms with Gasteiger partial charge in [-0.1, -0.05) is 30.3 Å². The number of aryl methyl sites for hydroxylation is 2. The Morgan fingerprint density at radius 3 is 2.78 bits per heavy atom. The van der Waals surface area contributed by atoms with Gasteiger partial charge in [0.05, 0.1) is 25.3 Å². The number of benzene rings is 2. The number of fused-ring (bicyclic) bond motifs is 1. The fourth-order valence-electron chi connectivity index (χ4n) is 3.66.